The number of nitrogens with one attached hydrogen (secondary N) is 1. The lowest BCUT2D eigenvalue weighted by atomic mass is 10.1. The molecule has 0 fully saturated rings. The van der Waals surface area contributed by atoms with Crippen molar-refractivity contribution < 1.29 is 19.1 Å². The summed E-state index contributed by atoms with van der Waals surface area (Å²) in [5, 5.41) is 17.9. The average molecular weight is 504 g/mol. The summed E-state index contributed by atoms with van der Waals surface area (Å²) >= 11 is 2.42. The minimum absolute atomic E-state index is 0.192. The van der Waals surface area contributed by atoms with E-state index in [0.717, 1.165) is 33.4 Å². The highest BCUT2D eigenvalue weighted by atomic mass is 32.1. The largest absolute Gasteiger partial charge is 0.465 e. The molecule has 1 N–H and O–H groups in total. The summed E-state index contributed by atoms with van der Waals surface area (Å²) in [6, 6.07) is 16.4. The van der Waals surface area contributed by atoms with Gasteiger partial charge in [0.25, 0.3) is 0 Å². The van der Waals surface area contributed by atoms with Gasteiger partial charge in [0.05, 0.1) is 25.0 Å². The molecular formula is C26H21N3O4S2. The molecule has 0 unspecified atom stereocenters. The number of aromatic nitrogens is 1. The third-order valence-electron chi connectivity index (χ3n) is 5.25. The topological polar surface area (TPSA) is 101 Å². The van der Waals surface area contributed by atoms with Crippen LogP contribution in [0, 0.1) is 18.3 Å². The Morgan fingerprint density at radius 1 is 1.17 bits per heavy atom. The first kappa shape index (κ1) is 24.1. The Bertz CT molecular complexity index is 1490. The normalized spacial score (nSPS) is 11.2. The Kier molecular flexibility index (Phi) is 7.25. The highest BCUT2D eigenvalue weighted by Gasteiger charge is 2.26. The van der Waals surface area contributed by atoms with Crippen molar-refractivity contribution in [3.63, 3.8) is 0 Å². The number of rotatable bonds is 7. The number of carbonyl (C=O) groups excluding carboxylic acids is 2. The van der Waals surface area contributed by atoms with Crippen LogP contribution in [0.3, 0.4) is 0 Å². The van der Waals surface area contributed by atoms with E-state index >= 15 is 0 Å². The van der Waals surface area contributed by atoms with E-state index < -0.39 is 11.9 Å². The maximum absolute atomic E-state index is 12.5. The lowest BCUT2D eigenvalue weighted by Crippen LogP contribution is -2.08. The molecule has 0 aliphatic rings. The van der Waals surface area contributed by atoms with Gasteiger partial charge in [-0.25, -0.2) is 14.6 Å². The number of fused-ring (bicyclic) bond motifs is 1. The number of methoxy groups -OCH3 is 1. The molecule has 0 amide bonds. The fourth-order valence-electron chi connectivity index (χ4n) is 3.51. The van der Waals surface area contributed by atoms with Crippen LogP contribution in [0.4, 0.5) is 5.00 Å². The van der Waals surface area contributed by atoms with E-state index in [-0.39, 0.29) is 17.0 Å². The monoisotopic (exact) mass is 503 g/mol. The number of benzene rings is 2. The summed E-state index contributed by atoms with van der Waals surface area (Å²) in [7, 11) is 1.28. The zero-order valence-corrected chi connectivity index (χ0v) is 20.9. The summed E-state index contributed by atoms with van der Waals surface area (Å²) in [6.07, 6.45) is 1.48. The Balaban J connectivity index is 1.65. The molecule has 2 aromatic heterocycles. The number of nitriles is 1. The second-order valence-corrected chi connectivity index (χ2v) is 9.27. The molecule has 35 heavy (non-hydrogen) atoms. The molecule has 9 heteroatoms. The quantitative estimate of drug-likeness (QED) is 0.234. The van der Waals surface area contributed by atoms with E-state index in [1.165, 1.54) is 24.6 Å². The van der Waals surface area contributed by atoms with Gasteiger partial charge in [0.1, 0.15) is 26.5 Å². The van der Waals surface area contributed by atoms with Crippen molar-refractivity contribution in [1.82, 2.24) is 4.98 Å². The van der Waals surface area contributed by atoms with E-state index in [0.29, 0.717) is 21.1 Å². The molecule has 2 aromatic carbocycles. The molecule has 0 atom stereocenters. The first-order valence-corrected chi connectivity index (χ1v) is 12.4. The SMILES string of the molecule is CCOC(=O)c1c(NC=C(C#N)c2nc(-c3ccc4ccccc4c3)cs2)sc(C(=O)OC)c1C. The van der Waals surface area contributed by atoms with Crippen molar-refractivity contribution in [2.75, 3.05) is 19.0 Å². The Hall–Kier alpha value is -4.00. The van der Waals surface area contributed by atoms with Crippen LogP contribution < -0.4 is 5.32 Å². The van der Waals surface area contributed by atoms with Crippen molar-refractivity contribution in [3.8, 4) is 17.3 Å². The smallest absolute Gasteiger partial charge is 0.348 e. The maximum Gasteiger partial charge on any atom is 0.348 e. The average Bonchev–Trinajstić information content (AvgIpc) is 3.49. The number of thiazole rings is 1. The summed E-state index contributed by atoms with van der Waals surface area (Å²) in [5.74, 6) is -1.10. The summed E-state index contributed by atoms with van der Waals surface area (Å²) in [4.78, 5) is 29.6. The van der Waals surface area contributed by atoms with Crippen molar-refractivity contribution >= 4 is 56.0 Å². The molecule has 0 saturated carbocycles. The van der Waals surface area contributed by atoms with Crippen LogP contribution in [0.15, 0.2) is 54.0 Å². The van der Waals surface area contributed by atoms with Crippen LogP contribution in [0.1, 0.15) is 37.5 Å². The first-order valence-electron chi connectivity index (χ1n) is 10.7. The van der Waals surface area contributed by atoms with E-state index in [2.05, 4.69) is 28.5 Å². The van der Waals surface area contributed by atoms with E-state index in [1.807, 2.05) is 35.7 Å². The van der Waals surface area contributed by atoms with E-state index in [4.69, 9.17) is 9.47 Å². The summed E-state index contributed by atoms with van der Waals surface area (Å²) in [5.41, 5.74) is 2.72. The lowest BCUT2D eigenvalue weighted by molar-refractivity contribution is 0.0527. The zero-order chi connectivity index (χ0) is 24.9. The summed E-state index contributed by atoms with van der Waals surface area (Å²) < 4.78 is 9.98. The van der Waals surface area contributed by atoms with Crippen LogP contribution >= 0.6 is 22.7 Å². The molecule has 0 bridgehead atoms. The molecule has 4 rings (SSSR count). The maximum atomic E-state index is 12.5. The second-order valence-electron chi connectivity index (χ2n) is 7.39. The number of allylic oxidation sites excluding steroid dienone is 1. The van der Waals surface area contributed by atoms with Gasteiger partial charge >= 0.3 is 11.9 Å². The zero-order valence-electron chi connectivity index (χ0n) is 19.2. The van der Waals surface area contributed by atoms with Crippen LogP contribution in [-0.2, 0) is 9.47 Å². The van der Waals surface area contributed by atoms with Gasteiger partial charge in [-0.15, -0.1) is 22.7 Å². The number of carbonyl (C=O) groups is 2. The van der Waals surface area contributed by atoms with E-state index in [1.54, 1.807) is 13.8 Å². The van der Waals surface area contributed by atoms with Crippen molar-refractivity contribution in [2.45, 2.75) is 13.8 Å². The van der Waals surface area contributed by atoms with Gasteiger partial charge in [-0.1, -0.05) is 36.4 Å². The van der Waals surface area contributed by atoms with Gasteiger partial charge in [-0.05, 0) is 36.2 Å². The molecule has 0 saturated heterocycles. The third-order valence-corrected chi connectivity index (χ3v) is 7.32. The second kappa shape index (κ2) is 10.5. The van der Waals surface area contributed by atoms with Gasteiger partial charge in [-0.2, -0.15) is 5.26 Å². The van der Waals surface area contributed by atoms with Gasteiger partial charge in [0.2, 0.25) is 0 Å². The van der Waals surface area contributed by atoms with E-state index in [9.17, 15) is 14.9 Å². The molecule has 0 radical (unpaired) electrons. The third kappa shape index (κ3) is 4.94. The highest BCUT2D eigenvalue weighted by molar-refractivity contribution is 7.18. The molecule has 7 nitrogen and oxygen atoms in total. The Morgan fingerprint density at radius 3 is 2.66 bits per heavy atom. The number of esters is 2. The highest BCUT2D eigenvalue weighted by Crippen LogP contribution is 2.35. The minimum Gasteiger partial charge on any atom is -0.465 e. The van der Waals surface area contributed by atoms with Crippen LogP contribution in [-0.4, -0.2) is 30.6 Å². The van der Waals surface area contributed by atoms with Crippen LogP contribution in [0.2, 0.25) is 0 Å². The molecule has 2 heterocycles. The summed E-state index contributed by atoms with van der Waals surface area (Å²) in [6.45, 7) is 3.56. The molecule has 0 aliphatic heterocycles. The Morgan fingerprint density at radius 2 is 1.94 bits per heavy atom. The number of anilines is 1. The minimum atomic E-state index is -0.557. The van der Waals surface area contributed by atoms with Crippen molar-refractivity contribution in [1.29, 1.82) is 5.26 Å². The van der Waals surface area contributed by atoms with Gasteiger partial charge < -0.3 is 14.8 Å². The predicted octanol–water partition coefficient (Wildman–Crippen LogP) is 6.27. The fraction of sp³-hybridized carbons (Fsp3) is 0.154. The first-order chi connectivity index (χ1) is 17.0. The number of hydrogen-bond acceptors (Lipinski definition) is 9. The molecular weight excluding hydrogens is 482 g/mol. The fourth-order valence-corrected chi connectivity index (χ4v) is 5.39. The lowest BCUT2D eigenvalue weighted by Gasteiger charge is -2.05. The number of nitrogens with zero attached hydrogens (tertiary/aromatic N) is 2. The number of ether oxygens (including phenoxy) is 2. The van der Waals surface area contributed by atoms with Gasteiger partial charge in [0.15, 0.2) is 0 Å². The van der Waals surface area contributed by atoms with Crippen molar-refractivity contribution in [3.05, 3.63) is 75.1 Å². The number of hydrogen-bond donors (Lipinski definition) is 1. The number of thiophene rings is 1. The molecule has 0 aliphatic carbocycles. The molecule has 4 aromatic rings. The molecule has 176 valence electrons. The predicted molar refractivity (Wildman–Crippen MR) is 139 cm³/mol. The van der Waals surface area contributed by atoms with Crippen LogP contribution in [0.25, 0.3) is 27.6 Å². The van der Waals surface area contributed by atoms with Crippen molar-refractivity contribution in [2.24, 2.45) is 0 Å². The molecule has 0 spiro atoms. The van der Waals surface area contributed by atoms with Crippen LogP contribution in [0.5, 0.6) is 0 Å². The standard InChI is InChI=1S/C26H21N3O4S2/c1-4-33-25(30)21-15(2)22(26(31)32-3)35-24(21)28-13-19(12-27)23-29-20(14-34-23)18-10-9-16-7-5-6-8-17(16)11-18/h5-11,13-14,28H,4H2,1-3H3. The van der Waals surface area contributed by atoms with Gasteiger partial charge in [-0.3, -0.25) is 0 Å². The Labute approximate surface area is 210 Å². The van der Waals surface area contributed by atoms with Gasteiger partial charge in [0, 0.05) is 17.1 Å².